The molecule has 0 atom stereocenters. The van der Waals surface area contributed by atoms with Crippen molar-refractivity contribution in [3.05, 3.63) is 23.8 Å². The first-order chi connectivity index (χ1) is 4.74. The first-order valence-electron chi connectivity index (χ1n) is 2.77. The van der Waals surface area contributed by atoms with Crippen LogP contribution in [0.25, 0.3) is 0 Å². The summed E-state index contributed by atoms with van der Waals surface area (Å²) in [4.78, 5) is 10.1. The van der Waals surface area contributed by atoms with E-state index in [2.05, 4.69) is 0 Å². The Kier molecular flexibility index (Phi) is 1.58. The average Bonchev–Trinajstić information content (AvgIpc) is 1.94. The van der Waals surface area contributed by atoms with Gasteiger partial charge in [-0.1, -0.05) is 0 Å². The van der Waals surface area contributed by atoms with Crippen molar-refractivity contribution in [2.75, 3.05) is 11.5 Å². The van der Waals surface area contributed by atoms with Gasteiger partial charge >= 0.3 is 0 Å². The van der Waals surface area contributed by atoms with Crippen molar-refractivity contribution in [1.82, 2.24) is 0 Å². The van der Waals surface area contributed by atoms with E-state index in [9.17, 15) is 4.79 Å². The van der Waals surface area contributed by atoms with Crippen molar-refractivity contribution >= 4 is 17.7 Å². The summed E-state index contributed by atoms with van der Waals surface area (Å²) < 4.78 is 0. The summed E-state index contributed by atoms with van der Waals surface area (Å²) in [6.45, 7) is 0. The zero-order valence-electron chi connectivity index (χ0n) is 5.29. The van der Waals surface area contributed by atoms with Gasteiger partial charge in [-0.15, -0.1) is 0 Å². The number of benzene rings is 1. The van der Waals surface area contributed by atoms with E-state index in [1.165, 1.54) is 6.07 Å². The van der Waals surface area contributed by atoms with Gasteiger partial charge in [-0.25, -0.2) is 0 Å². The smallest absolute Gasteiger partial charge is 0.235 e. The molecule has 1 rings (SSSR count). The van der Waals surface area contributed by atoms with E-state index in [-0.39, 0.29) is 0 Å². The molecule has 3 nitrogen and oxygen atoms in total. The molecule has 0 saturated heterocycles. The molecule has 1 aromatic carbocycles. The quantitative estimate of drug-likeness (QED) is 0.544. The molecule has 0 aromatic heterocycles. The SMILES string of the molecule is Nc1ccc(N)c([C]=O)c1. The highest BCUT2D eigenvalue weighted by Crippen LogP contribution is 2.12. The van der Waals surface area contributed by atoms with Gasteiger partial charge in [0.2, 0.25) is 6.29 Å². The number of nitrogens with two attached hydrogens (primary N) is 2. The lowest BCUT2D eigenvalue weighted by Gasteiger charge is -1.96. The summed E-state index contributed by atoms with van der Waals surface area (Å²) in [5.74, 6) is 0. The van der Waals surface area contributed by atoms with E-state index in [4.69, 9.17) is 11.5 Å². The molecule has 0 aliphatic carbocycles. The summed E-state index contributed by atoms with van der Waals surface area (Å²) in [5.41, 5.74) is 12.0. The van der Waals surface area contributed by atoms with Crippen molar-refractivity contribution in [2.24, 2.45) is 0 Å². The van der Waals surface area contributed by atoms with Gasteiger partial charge in [0.25, 0.3) is 0 Å². The predicted octanol–water partition coefficient (Wildman–Crippen LogP) is 0.309. The molecule has 0 heterocycles. The van der Waals surface area contributed by atoms with E-state index in [1.54, 1.807) is 18.4 Å². The predicted molar refractivity (Wildman–Crippen MR) is 40.1 cm³/mol. The van der Waals surface area contributed by atoms with Crippen LogP contribution < -0.4 is 11.5 Å². The molecule has 0 amide bonds. The van der Waals surface area contributed by atoms with Crippen molar-refractivity contribution in [3.63, 3.8) is 0 Å². The molecule has 3 heteroatoms. The maximum Gasteiger partial charge on any atom is 0.235 e. The van der Waals surface area contributed by atoms with Crippen LogP contribution in [0.5, 0.6) is 0 Å². The lowest BCUT2D eigenvalue weighted by Crippen LogP contribution is -1.94. The average molecular weight is 135 g/mol. The highest BCUT2D eigenvalue weighted by Gasteiger charge is 1.96. The summed E-state index contributed by atoms with van der Waals surface area (Å²) in [6.07, 6.45) is 1.68. The minimum absolute atomic E-state index is 0.319. The Bertz CT molecular complexity index is 258. The van der Waals surface area contributed by atoms with Gasteiger partial charge in [0, 0.05) is 11.4 Å². The van der Waals surface area contributed by atoms with E-state index in [0.29, 0.717) is 16.9 Å². The summed E-state index contributed by atoms with van der Waals surface area (Å²) in [5, 5.41) is 0. The molecule has 0 aliphatic rings. The van der Waals surface area contributed by atoms with Gasteiger partial charge in [0.05, 0.1) is 5.56 Å². The Morgan fingerprint density at radius 1 is 1.30 bits per heavy atom. The molecule has 0 fully saturated rings. The second kappa shape index (κ2) is 2.39. The molecule has 10 heavy (non-hydrogen) atoms. The first-order valence-corrected chi connectivity index (χ1v) is 2.77. The molecule has 0 spiro atoms. The van der Waals surface area contributed by atoms with Crippen LogP contribution >= 0.6 is 0 Å². The van der Waals surface area contributed by atoms with Gasteiger partial charge in [-0.3, -0.25) is 4.79 Å². The number of rotatable bonds is 1. The molecular formula is C7H7N2O. The lowest BCUT2D eigenvalue weighted by atomic mass is 10.2. The Morgan fingerprint density at radius 2 is 2.00 bits per heavy atom. The second-order valence-corrected chi connectivity index (χ2v) is 1.95. The summed E-state index contributed by atoms with van der Waals surface area (Å²) in [6, 6.07) is 4.70. The van der Waals surface area contributed by atoms with Crippen LogP contribution in [0.2, 0.25) is 0 Å². The third-order valence-corrected chi connectivity index (χ3v) is 1.19. The maximum absolute atomic E-state index is 10.1. The summed E-state index contributed by atoms with van der Waals surface area (Å²) in [7, 11) is 0. The molecule has 0 aliphatic heterocycles. The highest BCUT2D eigenvalue weighted by molar-refractivity contribution is 5.85. The third kappa shape index (κ3) is 1.07. The van der Waals surface area contributed by atoms with Gasteiger partial charge in [-0.2, -0.15) is 0 Å². The minimum Gasteiger partial charge on any atom is -0.399 e. The first kappa shape index (κ1) is 6.61. The van der Waals surface area contributed by atoms with Gasteiger partial charge in [-0.05, 0) is 18.2 Å². The number of carbonyl (C=O) groups excluding carboxylic acids is 1. The third-order valence-electron chi connectivity index (χ3n) is 1.19. The van der Waals surface area contributed by atoms with Crippen LogP contribution in [0.4, 0.5) is 11.4 Å². The van der Waals surface area contributed by atoms with Gasteiger partial charge in [0.15, 0.2) is 0 Å². The van der Waals surface area contributed by atoms with E-state index < -0.39 is 0 Å². The second-order valence-electron chi connectivity index (χ2n) is 1.95. The molecule has 0 bridgehead atoms. The van der Waals surface area contributed by atoms with E-state index >= 15 is 0 Å². The van der Waals surface area contributed by atoms with Crippen molar-refractivity contribution in [2.45, 2.75) is 0 Å². The Balaban J connectivity index is 3.21. The lowest BCUT2D eigenvalue weighted by molar-refractivity contribution is 0.563. The number of nitrogen functional groups attached to an aromatic ring is 2. The largest absolute Gasteiger partial charge is 0.399 e. The number of hydrogen-bond donors (Lipinski definition) is 2. The molecule has 1 radical (unpaired) electrons. The number of anilines is 2. The molecular weight excluding hydrogens is 128 g/mol. The van der Waals surface area contributed by atoms with Crippen molar-refractivity contribution in [1.29, 1.82) is 0 Å². The van der Waals surface area contributed by atoms with Crippen molar-refractivity contribution < 1.29 is 4.79 Å². The van der Waals surface area contributed by atoms with Gasteiger partial charge in [0.1, 0.15) is 0 Å². The fourth-order valence-electron chi connectivity index (χ4n) is 0.662. The van der Waals surface area contributed by atoms with E-state index in [1.807, 2.05) is 0 Å². The zero-order chi connectivity index (χ0) is 7.56. The van der Waals surface area contributed by atoms with Crippen LogP contribution in [0, 0.1) is 0 Å². The zero-order valence-corrected chi connectivity index (χ0v) is 5.29. The molecule has 0 unspecified atom stereocenters. The molecule has 51 valence electrons. The maximum atomic E-state index is 10.1. The van der Waals surface area contributed by atoms with E-state index in [0.717, 1.165) is 0 Å². The van der Waals surface area contributed by atoms with Crippen LogP contribution in [0.1, 0.15) is 5.56 Å². The Labute approximate surface area is 58.6 Å². The molecule has 4 N–H and O–H groups in total. The van der Waals surface area contributed by atoms with Crippen LogP contribution in [-0.4, -0.2) is 6.29 Å². The minimum atomic E-state index is 0.319. The fourth-order valence-corrected chi connectivity index (χ4v) is 0.662. The Hall–Kier alpha value is -1.51. The molecule has 0 saturated carbocycles. The van der Waals surface area contributed by atoms with Crippen LogP contribution in [-0.2, 0) is 4.79 Å². The topological polar surface area (TPSA) is 69.1 Å². The summed E-state index contributed by atoms with van der Waals surface area (Å²) >= 11 is 0. The monoisotopic (exact) mass is 135 g/mol. The standard InChI is InChI=1S/C7H7N2O/c8-6-1-2-7(9)5(3-6)4-10/h1-3H,8-9H2. The molecule has 1 aromatic rings. The van der Waals surface area contributed by atoms with Crippen LogP contribution in [0.3, 0.4) is 0 Å². The number of hydrogen-bond acceptors (Lipinski definition) is 3. The van der Waals surface area contributed by atoms with Gasteiger partial charge < -0.3 is 11.5 Å². The Morgan fingerprint density at radius 3 is 2.50 bits per heavy atom. The van der Waals surface area contributed by atoms with Crippen molar-refractivity contribution in [3.8, 4) is 0 Å². The fraction of sp³-hybridized carbons (Fsp3) is 0. The normalized spacial score (nSPS) is 9.20. The van der Waals surface area contributed by atoms with Crippen LogP contribution in [0.15, 0.2) is 18.2 Å². The highest BCUT2D eigenvalue weighted by atomic mass is 16.1.